The number of carbonyl (C=O) groups excluding carboxylic acids is 1. The zero-order chi connectivity index (χ0) is 10.4. The molecule has 0 saturated heterocycles. The van der Waals surface area contributed by atoms with Crippen LogP contribution in [0.1, 0.15) is 35.9 Å². The molecule has 0 aromatic carbocycles. The molecular weight excluding hydrogens is 194 g/mol. The minimum atomic E-state index is -0.562. The lowest BCUT2D eigenvalue weighted by molar-refractivity contribution is 0.0990. The van der Waals surface area contributed by atoms with Gasteiger partial charge in [0.15, 0.2) is 0 Å². The van der Waals surface area contributed by atoms with Crippen LogP contribution in [0.3, 0.4) is 0 Å². The predicted octanol–water partition coefficient (Wildman–Crippen LogP) is 0.144. The highest BCUT2D eigenvalue weighted by Crippen LogP contribution is 2.39. The lowest BCUT2D eigenvalue weighted by atomic mass is 10.0. The zero-order valence-electron chi connectivity index (χ0n) is 8.31. The first-order valence-corrected chi connectivity index (χ1v) is 5.26. The monoisotopic (exact) mass is 207 g/mol. The Morgan fingerprint density at radius 2 is 2.40 bits per heavy atom. The highest BCUT2D eigenvalue weighted by molar-refractivity contribution is 5.89. The second kappa shape index (κ2) is 2.95. The number of nitrogens with zero attached hydrogens (tertiary/aromatic N) is 3. The van der Waals surface area contributed by atoms with Gasteiger partial charge in [-0.3, -0.25) is 4.79 Å². The Kier molecular flexibility index (Phi) is 1.71. The lowest BCUT2D eigenvalue weighted by Gasteiger charge is -2.26. The minimum Gasteiger partial charge on any atom is -0.363 e. The van der Waals surface area contributed by atoms with Crippen LogP contribution in [0, 0.1) is 5.92 Å². The first-order chi connectivity index (χ1) is 7.25. The number of fused-ring (bicyclic) bond motifs is 3. The van der Waals surface area contributed by atoms with Gasteiger partial charge in [-0.15, -0.1) is 5.10 Å². The molecule has 15 heavy (non-hydrogen) atoms. The first kappa shape index (κ1) is 8.70. The average Bonchev–Trinajstić information content (AvgIpc) is 2.82. The predicted molar refractivity (Wildman–Crippen MR) is 53.4 cm³/mol. The topological polar surface area (TPSA) is 85.8 Å². The van der Waals surface area contributed by atoms with Crippen molar-refractivity contribution in [2.75, 3.05) is 11.9 Å². The number of rotatable bonds is 1. The summed E-state index contributed by atoms with van der Waals surface area (Å²) < 4.78 is 1.83. The molecule has 0 spiro atoms. The summed E-state index contributed by atoms with van der Waals surface area (Å²) in [6, 6.07) is 0.404. The maximum absolute atomic E-state index is 11.0. The molecule has 1 aromatic heterocycles. The Morgan fingerprint density at radius 1 is 1.53 bits per heavy atom. The maximum atomic E-state index is 11.0. The van der Waals surface area contributed by atoms with E-state index in [4.69, 9.17) is 5.73 Å². The fourth-order valence-electron chi connectivity index (χ4n) is 2.58. The number of aromatic nitrogens is 3. The number of nitrogens with two attached hydrogens (primary N) is 1. The number of amides is 1. The summed E-state index contributed by atoms with van der Waals surface area (Å²) >= 11 is 0. The SMILES string of the molecule is NC(=O)c1nc2n(n1)C1CCCC1CN2. The number of primary amides is 1. The highest BCUT2D eigenvalue weighted by atomic mass is 16.1. The molecule has 1 fully saturated rings. The van der Waals surface area contributed by atoms with E-state index in [2.05, 4.69) is 15.4 Å². The Balaban J connectivity index is 2.02. The summed E-state index contributed by atoms with van der Waals surface area (Å²) in [5.74, 6) is 0.866. The van der Waals surface area contributed by atoms with E-state index in [-0.39, 0.29) is 5.82 Å². The second-order valence-electron chi connectivity index (χ2n) is 4.21. The van der Waals surface area contributed by atoms with Gasteiger partial charge in [-0.2, -0.15) is 4.98 Å². The molecule has 6 nitrogen and oxygen atoms in total. The highest BCUT2D eigenvalue weighted by Gasteiger charge is 2.35. The molecule has 6 heteroatoms. The van der Waals surface area contributed by atoms with Gasteiger partial charge in [0.1, 0.15) is 0 Å². The van der Waals surface area contributed by atoms with Gasteiger partial charge in [0, 0.05) is 6.54 Å². The van der Waals surface area contributed by atoms with Crippen molar-refractivity contribution in [2.24, 2.45) is 11.7 Å². The van der Waals surface area contributed by atoms with Crippen LogP contribution >= 0.6 is 0 Å². The number of hydrogen-bond acceptors (Lipinski definition) is 4. The van der Waals surface area contributed by atoms with Gasteiger partial charge in [0.25, 0.3) is 5.91 Å². The van der Waals surface area contributed by atoms with Crippen molar-refractivity contribution >= 4 is 11.9 Å². The summed E-state index contributed by atoms with van der Waals surface area (Å²) in [6.45, 7) is 0.932. The quantitative estimate of drug-likeness (QED) is 0.686. The molecule has 2 heterocycles. The molecule has 2 aliphatic rings. The van der Waals surface area contributed by atoms with E-state index < -0.39 is 5.91 Å². The Labute approximate surface area is 86.9 Å². The summed E-state index contributed by atoms with van der Waals surface area (Å²) in [5.41, 5.74) is 5.16. The number of nitrogens with one attached hydrogen (secondary N) is 1. The summed E-state index contributed by atoms with van der Waals surface area (Å²) in [6.07, 6.45) is 3.58. The lowest BCUT2D eigenvalue weighted by Crippen LogP contribution is -2.29. The zero-order valence-corrected chi connectivity index (χ0v) is 8.31. The van der Waals surface area contributed by atoms with E-state index in [0.717, 1.165) is 13.0 Å². The largest absolute Gasteiger partial charge is 0.363 e. The van der Waals surface area contributed by atoms with Crippen molar-refractivity contribution in [1.82, 2.24) is 14.8 Å². The van der Waals surface area contributed by atoms with E-state index in [1.54, 1.807) is 0 Å². The van der Waals surface area contributed by atoms with Crippen molar-refractivity contribution in [2.45, 2.75) is 25.3 Å². The molecule has 2 unspecified atom stereocenters. The third-order valence-electron chi connectivity index (χ3n) is 3.31. The van der Waals surface area contributed by atoms with Gasteiger partial charge in [-0.25, -0.2) is 4.68 Å². The normalized spacial score (nSPS) is 28.0. The van der Waals surface area contributed by atoms with Crippen LogP contribution in [0.15, 0.2) is 0 Å². The van der Waals surface area contributed by atoms with Crippen LogP contribution in [0.5, 0.6) is 0 Å². The van der Waals surface area contributed by atoms with Crippen molar-refractivity contribution in [3.05, 3.63) is 5.82 Å². The molecule has 80 valence electrons. The van der Waals surface area contributed by atoms with Crippen LogP contribution in [-0.2, 0) is 0 Å². The van der Waals surface area contributed by atoms with Crippen LogP contribution in [-0.4, -0.2) is 27.2 Å². The van der Waals surface area contributed by atoms with Crippen LogP contribution in [0.4, 0.5) is 5.95 Å². The van der Waals surface area contributed by atoms with Crippen molar-refractivity contribution in [3.8, 4) is 0 Å². The molecule has 0 bridgehead atoms. The van der Waals surface area contributed by atoms with E-state index in [9.17, 15) is 4.79 Å². The third-order valence-corrected chi connectivity index (χ3v) is 3.31. The molecule has 3 rings (SSSR count). The Morgan fingerprint density at radius 3 is 3.20 bits per heavy atom. The molecule has 2 atom stereocenters. The molecule has 1 amide bonds. The number of hydrogen-bond donors (Lipinski definition) is 2. The molecule has 0 radical (unpaired) electrons. The molecule has 1 saturated carbocycles. The van der Waals surface area contributed by atoms with Gasteiger partial charge in [-0.05, 0) is 18.8 Å². The second-order valence-corrected chi connectivity index (χ2v) is 4.21. The van der Waals surface area contributed by atoms with Gasteiger partial charge in [0.05, 0.1) is 6.04 Å². The van der Waals surface area contributed by atoms with Crippen molar-refractivity contribution in [1.29, 1.82) is 0 Å². The Hall–Kier alpha value is -1.59. The molecule has 3 N–H and O–H groups in total. The van der Waals surface area contributed by atoms with Crippen molar-refractivity contribution in [3.63, 3.8) is 0 Å². The molecule has 1 aliphatic carbocycles. The van der Waals surface area contributed by atoms with Crippen molar-refractivity contribution < 1.29 is 4.79 Å². The van der Waals surface area contributed by atoms with Crippen LogP contribution in [0.2, 0.25) is 0 Å². The van der Waals surface area contributed by atoms with E-state index in [1.165, 1.54) is 12.8 Å². The van der Waals surface area contributed by atoms with E-state index in [0.29, 0.717) is 17.9 Å². The van der Waals surface area contributed by atoms with Gasteiger partial charge in [-0.1, -0.05) is 6.42 Å². The van der Waals surface area contributed by atoms with E-state index >= 15 is 0 Å². The van der Waals surface area contributed by atoms with Gasteiger partial charge < -0.3 is 11.1 Å². The average molecular weight is 207 g/mol. The third kappa shape index (κ3) is 1.20. The summed E-state index contributed by atoms with van der Waals surface area (Å²) in [7, 11) is 0. The first-order valence-electron chi connectivity index (χ1n) is 5.26. The van der Waals surface area contributed by atoms with Gasteiger partial charge in [0.2, 0.25) is 11.8 Å². The minimum absolute atomic E-state index is 0.116. The molecular formula is C9H13N5O. The van der Waals surface area contributed by atoms with Gasteiger partial charge >= 0.3 is 0 Å². The fourth-order valence-corrected chi connectivity index (χ4v) is 2.58. The summed E-state index contributed by atoms with van der Waals surface area (Å²) in [4.78, 5) is 15.0. The fraction of sp³-hybridized carbons (Fsp3) is 0.667. The van der Waals surface area contributed by atoms with Crippen LogP contribution < -0.4 is 11.1 Å². The smallest absolute Gasteiger partial charge is 0.288 e. The standard InChI is InChI=1S/C9H13N5O/c10-7(15)8-12-9-11-4-5-2-1-3-6(5)14(9)13-8/h5-6H,1-4H2,(H2,10,15)(H,11,12,13). The molecule has 1 aromatic rings. The number of anilines is 1. The number of carbonyl (C=O) groups is 1. The van der Waals surface area contributed by atoms with E-state index in [1.807, 2.05) is 4.68 Å². The summed E-state index contributed by atoms with van der Waals surface area (Å²) in [5, 5.41) is 7.35. The van der Waals surface area contributed by atoms with Crippen LogP contribution in [0.25, 0.3) is 0 Å². The Bertz CT molecular complexity index is 413. The molecule has 1 aliphatic heterocycles. The maximum Gasteiger partial charge on any atom is 0.288 e.